The van der Waals surface area contributed by atoms with E-state index in [9.17, 15) is 13.2 Å². The quantitative estimate of drug-likeness (QED) is 0.740. The monoisotopic (exact) mass is 365 g/mol. The van der Waals surface area contributed by atoms with Crippen molar-refractivity contribution in [1.82, 2.24) is 5.32 Å². The third-order valence-corrected chi connectivity index (χ3v) is 5.40. The maximum absolute atomic E-state index is 12.0. The number of thioether (sulfide) groups is 1. The third kappa shape index (κ3) is 5.05. The molecule has 1 unspecified atom stereocenters. The Labute approximate surface area is 141 Å². The Morgan fingerprint density at radius 3 is 2.73 bits per heavy atom. The largest absolute Gasteiger partial charge is 0.325 e. The Kier molecular flexibility index (Phi) is 6.98. The number of rotatable bonds is 5. The number of benzene rings is 1. The van der Waals surface area contributed by atoms with Crippen molar-refractivity contribution in [3.8, 4) is 0 Å². The molecule has 0 aromatic heterocycles. The number of hydrogen-bond acceptors (Lipinski definition) is 5. The first kappa shape index (κ1) is 19.1. The van der Waals surface area contributed by atoms with E-state index in [1.165, 1.54) is 0 Å². The molecule has 3 N–H and O–H groups in total. The summed E-state index contributed by atoms with van der Waals surface area (Å²) in [6.07, 6.45) is 0. The van der Waals surface area contributed by atoms with Gasteiger partial charge in [0.15, 0.2) is 0 Å². The van der Waals surface area contributed by atoms with Crippen molar-refractivity contribution < 1.29 is 13.2 Å². The fourth-order valence-corrected chi connectivity index (χ4v) is 3.54. The summed E-state index contributed by atoms with van der Waals surface area (Å²) in [6.45, 7) is 3.38. The summed E-state index contributed by atoms with van der Waals surface area (Å²) >= 11 is 1.69. The molecule has 1 aromatic carbocycles. The van der Waals surface area contributed by atoms with E-state index in [-0.39, 0.29) is 30.1 Å². The van der Waals surface area contributed by atoms with Crippen molar-refractivity contribution in [1.29, 1.82) is 0 Å². The van der Waals surface area contributed by atoms with Crippen molar-refractivity contribution in [2.75, 3.05) is 27.4 Å². The van der Waals surface area contributed by atoms with Crippen molar-refractivity contribution in [3.05, 3.63) is 23.8 Å². The lowest BCUT2D eigenvalue weighted by molar-refractivity contribution is -0.117. The summed E-state index contributed by atoms with van der Waals surface area (Å²) in [4.78, 5) is 12.0. The van der Waals surface area contributed by atoms with E-state index in [1.54, 1.807) is 43.8 Å². The smallest absolute Gasteiger partial charge is 0.242 e. The first-order valence-electron chi connectivity index (χ1n) is 6.64. The summed E-state index contributed by atoms with van der Waals surface area (Å²) in [5.74, 6) is 1.51. The van der Waals surface area contributed by atoms with Crippen LogP contribution >= 0.6 is 24.2 Å². The lowest BCUT2D eigenvalue weighted by Crippen LogP contribution is -2.37. The second-order valence-corrected chi connectivity index (χ2v) is 7.84. The molecule has 22 heavy (non-hydrogen) atoms. The molecule has 1 atom stereocenters. The van der Waals surface area contributed by atoms with Gasteiger partial charge >= 0.3 is 0 Å². The maximum Gasteiger partial charge on any atom is 0.242 e. The average Bonchev–Trinajstić information content (AvgIpc) is 2.96. The first-order valence-corrected chi connectivity index (χ1v) is 9.45. The minimum atomic E-state index is -3.29. The van der Waals surface area contributed by atoms with Gasteiger partial charge in [-0.3, -0.25) is 14.8 Å². The van der Waals surface area contributed by atoms with Crippen molar-refractivity contribution in [2.24, 2.45) is 0 Å². The zero-order valence-corrected chi connectivity index (χ0v) is 14.8. The molecule has 2 rings (SSSR count). The van der Waals surface area contributed by atoms with Crippen LogP contribution in [0.25, 0.3) is 0 Å². The molecule has 0 saturated carbocycles. The third-order valence-electron chi connectivity index (χ3n) is 3.17. The molecule has 1 saturated heterocycles. The standard InChI is InChI=1S/C13H19N3O3S2.ClH/c1-3-21(18,19)16-11-5-4-10(6-9(11)2)15-13(17)12-7-20-8-14-12;/h4-6,12,14,16H,3,7-8H2,1-2H3,(H,15,17);1H. The first-order chi connectivity index (χ1) is 9.91. The zero-order chi connectivity index (χ0) is 15.5. The van der Waals surface area contributed by atoms with E-state index in [0.29, 0.717) is 11.4 Å². The molecule has 6 nitrogen and oxygen atoms in total. The highest BCUT2D eigenvalue weighted by atomic mass is 35.5. The van der Waals surface area contributed by atoms with Gasteiger partial charge in [-0.05, 0) is 37.6 Å². The Morgan fingerprint density at radius 2 is 2.18 bits per heavy atom. The summed E-state index contributed by atoms with van der Waals surface area (Å²) in [5.41, 5.74) is 1.96. The van der Waals surface area contributed by atoms with Crippen molar-refractivity contribution in [2.45, 2.75) is 19.9 Å². The highest BCUT2D eigenvalue weighted by Crippen LogP contribution is 2.21. The molecular formula is C13H20ClN3O3S2. The van der Waals surface area contributed by atoms with Gasteiger partial charge < -0.3 is 5.32 Å². The molecule has 1 fully saturated rings. The number of carbonyl (C=O) groups is 1. The normalized spacial score (nSPS) is 17.6. The molecule has 1 amide bonds. The van der Waals surface area contributed by atoms with E-state index < -0.39 is 10.0 Å². The Hall–Kier alpha value is -0.960. The Morgan fingerprint density at radius 1 is 1.45 bits per heavy atom. The SMILES string of the molecule is CCS(=O)(=O)Nc1ccc(NC(=O)C2CSCN2)cc1C.Cl. The van der Waals surface area contributed by atoms with Crippen LogP contribution in [0.2, 0.25) is 0 Å². The highest BCUT2D eigenvalue weighted by Gasteiger charge is 2.22. The van der Waals surface area contributed by atoms with Gasteiger partial charge in [0, 0.05) is 17.3 Å². The predicted molar refractivity (Wildman–Crippen MR) is 94.4 cm³/mol. The van der Waals surface area contributed by atoms with Crippen LogP contribution in [0.1, 0.15) is 12.5 Å². The number of amides is 1. The molecule has 1 heterocycles. The van der Waals surface area contributed by atoms with Crippen molar-refractivity contribution in [3.63, 3.8) is 0 Å². The topological polar surface area (TPSA) is 87.3 Å². The number of hydrogen-bond donors (Lipinski definition) is 3. The number of aryl methyl sites for hydroxylation is 1. The van der Waals surface area contributed by atoms with Crippen LogP contribution in [0.4, 0.5) is 11.4 Å². The number of sulfonamides is 1. The molecular weight excluding hydrogens is 346 g/mol. The molecule has 0 aliphatic carbocycles. The van der Waals surface area contributed by atoms with Gasteiger partial charge in [-0.2, -0.15) is 0 Å². The van der Waals surface area contributed by atoms with E-state index in [0.717, 1.165) is 17.2 Å². The summed E-state index contributed by atoms with van der Waals surface area (Å²) < 4.78 is 25.6. The van der Waals surface area contributed by atoms with Gasteiger partial charge in [0.2, 0.25) is 15.9 Å². The highest BCUT2D eigenvalue weighted by molar-refractivity contribution is 7.99. The van der Waals surface area contributed by atoms with E-state index in [1.807, 2.05) is 0 Å². The van der Waals surface area contributed by atoms with Crippen LogP contribution < -0.4 is 15.4 Å². The second-order valence-electron chi connectivity index (χ2n) is 4.80. The molecule has 0 bridgehead atoms. The van der Waals surface area contributed by atoms with Gasteiger partial charge in [0.25, 0.3) is 0 Å². The van der Waals surface area contributed by atoms with Crippen LogP contribution in [0.5, 0.6) is 0 Å². The fraction of sp³-hybridized carbons (Fsp3) is 0.462. The van der Waals surface area contributed by atoms with Gasteiger partial charge in [-0.1, -0.05) is 0 Å². The molecule has 9 heteroatoms. The predicted octanol–water partition coefficient (Wildman–Crippen LogP) is 1.78. The molecule has 1 aliphatic heterocycles. The van der Waals surface area contributed by atoms with Gasteiger partial charge in [-0.25, -0.2) is 8.42 Å². The van der Waals surface area contributed by atoms with Crippen LogP contribution in [-0.2, 0) is 14.8 Å². The lowest BCUT2D eigenvalue weighted by Gasteiger charge is -2.13. The second kappa shape index (κ2) is 8.05. The number of halogens is 1. The van der Waals surface area contributed by atoms with Gasteiger partial charge in [0.05, 0.1) is 17.5 Å². The zero-order valence-electron chi connectivity index (χ0n) is 12.4. The van der Waals surface area contributed by atoms with Gasteiger partial charge in [0.1, 0.15) is 0 Å². The number of nitrogens with one attached hydrogen (secondary N) is 3. The molecule has 0 spiro atoms. The molecule has 1 aliphatic rings. The van der Waals surface area contributed by atoms with E-state index in [2.05, 4.69) is 15.4 Å². The van der Waals surface area contributed by atoms with Crippen LogP contribution in [0.15, 0.2) is 18.2 Å². The van der Waals surface area contributed by atoms with Crippen LogP contribution in [-0.4, -0.2) is 37.7 Å². The fourth-order valence-electron chi connectivity index (χ4n) is 1.89. The Bertz CT molecular complexity index is 631. The van der Waals surface area contributed by atoms with Crippen molar-refractivity contribution >= 4 is 51.5 Å². The number of carbonyl (C=O) groups excluding carboxylic acids is 1. The van der Waals surface area contributed by atoms with Gasteiger partial charge in [-0.15, -0.1) is 24.2 Å². The summed E-state index contributed by atoms with van der Waals surface area (Å²) in [7, 11) is -3.29. The molecule has 1 aromatic rings. The Balaban J connectivity index is 0.00000242. The van der Waals surface area contributed by atoms with E-state index >= 15 is 0 Å². The summed E-state index contributed by atoms with van der Waals surface area (Å²) in [5, 5.41) is 5.94. The van der Waals surface area contributed by atoms with Crippen LogP contribution in [0, 0.1) is 6.92 Å². The van der Waals surface area contributed by atoms with Crippen LogP contribution in [0.3, 0.4) is 0 Å². The summed E-state index contributed by atoms with van der Waals surface area (Å²) in [6, 6.07) is 4.94. The number of anilines is 2. The average molecular weight is 366 g/mol. The van der Waals surface area contributed by atoms with E-state index in [4.69, 9.17) is 0 Å². The minimum Gasteiger partial charge on any atom is -0.325 e. The lowest BCUT2D eigenvalue weighted by atomic mass is 10.2. The molecule has 124 valence electrons. The minimum absolute atomic E-state index is 0. The molecule has 0 radical (unpaired) electrons. The maximum atomic E-state index is 12.0.